The number of pyridine rings is 1. The van der Waals surface area contributed by atoms with E-state index in [1.807, 2.05) is 12.1 Å². The van der Waals surface area contributed by atoms with E-state index < -0.39 is 0 Å². The van der Waals surface area contributed by atoms with Gasteiger partial charge in [0.25, 0.3) is 0 Å². The summed E-state index contributed by atoms with van der Waals surface area (Å²) < 4.78 is 5.51. The Hall–Kier alpha value is -1.58. The number of hydrogen-bond acceptors (Lipinski definition) is 3. The van der Waals surface area contributed by atoms with Gasteiger partial charge in [-0.15, -0.1) is 0 Å². The summed E-state index contributed by atoms with van der Waals surface area (Å²) in [6, 6.07) is 8.37. The summed E-state index contributed by atoms with van der Waals surface area (Å²) in [4.78, 5) is 4.04. The maximum atomic E-state index is 6.24. The molecule has 1 aromatic heterocycles. The number of likely N-dealkylation sites (N-methyl/N-ethyl adjacent to an activating group) is 1. The first kappa shape index (κ1) is 15.8. The van der Waals surface area contributed by atoms with Gasteiger partial charge < -0.3 is 10.1 Å². The third-order valence-corrected chi connectivity index (χ3v) is 3.83. The Balaban J connectivity index is 2.35. The second-order valence-electron chi connectivity index (χ2n) is 5.03. The maximum absolute atomic E-state index is 6.24. The lowest BCUT2D eigenvalue weighted by atomic mass is 9.97. The number of halogens is 1. The van der Waals surface area contributed by atoms with E-state index in [9.17, 15) is 0 Å². The van der Waals surface area contributed by atoms with Crippen molar-refractivity contribution in [2.75, 3.05) is 13.7 Å². The number of ether oxygens (including phenoxy) is 1. The molecule has 3 nitrogen and oxygen atoms in total. The molecule has 1 N–H and O–H groups in total. The predicted molar refractivity (Wildman–Crippen MR) is 87.1 cm³/mol. The topological polar surface area (TPSA) is 34.2 Å². The van der Waals surface area contributed by atoms with Crippen molar-refractivity contribution in [2.24, 2.45) is 0 Å². The van der Waals surface area contributed by atoms with Crippen LogP contribution in [-0.4, -0.2) is 18.6 Å². The number of aryl methyl sites for hydroxylation is 1. The second kappa shape index (κ2) is 7.43. The molecule has 0 bridgehead atoms. The normalized spacial score (nSPS) is 12.2. The highest BCUT2D eigenvalue weighted by Gasteiger charge is 2.17. The monoisotopic (exact) mass is 304 g/mol. The van der Waals surface area contributed by atoms with Crippen molar-refractivity contribution in [2.45, 2.75) is 26.3 Å². The average Bonchev–Trinajstić information content (AvgIpc) is 2.49. The van der Waals surface area contributed by atoms with Crippen LogP contribution in [0.25, 0.3) is 0 Å². The lowest BCUT2D eigenvalue weighted by molar-refractivity contribution is 0.399. The van der Waals surface area contributed by atoms with Crippen LogP contribution >= 0.6 is 11.6 Å². The van der Waals surface area contributed by atoms with E-state index in [1.165, 1.54) is 5.56 Å². The molecule has 0 amide bonds. The fourth-order valence-corrected chi connectivity index (χ4v) is 2.65. The first-order valence-corrected chi connectivity index (χ1v) is 7.49. The summed E-state index contributed by atoms with van der Waals surface area (Å²) in [7, 11) is 1.70. The van der Waals surface area contributed by atoms with Gasteiger partial charge >= 0.3 is 0 Å². The highest BCUT2D eigenvalue weighted by Crippen LogP contribution is 2.30. The molecule has 4 heteroatoms. The third kappa shape index (κ3) is 3.96. The SMILES string of the molecule is CCNC(Cc1ccncc1Cl)c1cc(C)ccc1OC. The largest absolute Gasteiger partial charge is 0.496 e. The summed E-state index contributed by atoms with van der Waals surface area (Å²) in [5.74, 6) is 0.900. The molecular formula is C17H21ClN2O. The van der Waals surface area contributed by atoms with Crippen molar-refractivity contribution in [1.29, 1.82) is 0 Å². The quantitative estimate of drug-likeness (QED) is 0.877. The molecule has 2 rings (SSSR count). The molecule has 1 heterocycles. The Bertz CT molecular complexity index is 601. The number of benzene rings is 1. The van der Waals surface area contributed by atoms with Gasteiger partial charge in [-0.1, -0.05) is 36.2 Å². The van der Waals surface area contributed by atoms with Crippen LogP contribution in [0.15, 0.2) is 36.7 Å². The van der Waals surface area contributed by atoms with Gasteiger partial charge in [-0.3, -0.25) is 4.98 Å². The fourth-order valence-electron chi connectivity index (χ4n) is 2.45. The van der Waals surface area contributed by atoms with Crippen LogP contribution in [-0.2, 0) is 6.42 Å². The molecule has 0 aliphatic heterocycles. The molecule has 1 atom stereocenters. The summed E-state index contributed by atoms with van der Waals surface area (Å²) in [6.07, 6.45) is 4.26. The predicted octanol–water partition coefficient (Wildman–Crippen LogP) is 3.95. The molecular weight excluding hydrogens is 284 g/mol. The van der Waals surface area contributed by atoms with Crippen LogP contribution < -0.4 is 10.1 Å². The molecule has 1 unspecified atom stereocenters. The van der Waals surface area contributed by atoms with Gasteiger partial charge in [0, 0.05) is 24.0 Å². The summed E-state index contributed by atoms with van der Waals surface area (Å²) in [5, 5.41) is 4.22. The van der Waals surface area contributed by atoms with E-state index in [-0.39, 0.29) is 6.04 Å². The van der Waals surface area contributed by atoms with Crippen LogP contribution in [0.5, 0.6) is 5.75 Å². The molecule has 0 aliphatic rings. The minimum Gasteiger partial charge on any atom is -0.496 e. The Labute approximate surface area is 131 Å². The van der Waals surface area contributed by atoms with Crippen molar-refractivity contribution in [1.82, 2.24) is 10.3 Å². The number of nitrogens with zero attached hydrogens (tertiary/aromatic N) is 1. The maximum Gasteiger partial charge on any atom is 0.123 e. The lowest BCUT2D eigenvalue weighted by Crippen LogP contribution is -2.23. The van der Waals surface area contributed by atoms with Crippen molar-refractivity contribution in [3.63, 3.8) is 0 Å². The number of nitrogens with one attached hydrogen (secondary N) is 1. The number of rotatable bonds is 6. The van der Waals surface area contributed by atoms with Crippen LogP contribution in [0.3, 0.4) is 0 Å². The molecule has 0 saturated carbocycles. The molecule has 0 aliphatic carbocycles. The minimum absolute atomic E-state index is 0.157. The molecule has 0 fully saturated rings. The highest BCUT2D eigenvalue weighted by molar-refractivity contribution is 6.31. The number of aromatic nitrogens is 1. The van der Waals surface area contributed by atoms with Crippen molar-refractivity contribution in [3.05, 3.63) is 58.4 Å². The van der Waals surface area contributed by atoms with E-state index in [2.05, 4.69) is 36.3 Å². The number of methoxy groups -OCH3 is 1. The fraction of sp³-hybridized carbons (Fsp3) is 0.353. The van der Waals surface area contributed by atoms with E-state index in [0.29, 0.717) is 5.02 Å². The number of hydrogen-bond donors (Lipinski definition) is 1. The van der Waals surface area contributed by atoms with Crippen molar-refractivity contribution in [3.8, 4) is 5.75 Å². The van der Waals surface area contributed by atoms with E-state index in [0.717, 1.165) is 29.8 Å². The summed E-state index contributed by atoms with van der Waals surface area (Å²) in [5.41, 5.74) is 3.46. The zero-order chi connectivity index (χ0) is 15.2. The Morgan fingerprint density at radius 2 is 2.14 bits per heavy atom. The van der Waals surface area contributed by atoms with Gasteiger partial charge in [-0.05, 0) is 37.6 Å². The molecule has 21 heavy (non-hydrogen) atoms. The highest BCUT2D eigenvalue weighted by atomic mass is 35.5. The van der Waals surface area contributed by atoms with Gasteiger partial charge in [-0.25, -0.2) is 0 Å². The Morgan fingerprint density at radius 1 is 1.33 bits per heavy atom. The first-order valence-electron chi connectivity index (χ1n) is 7.12. The molecule has 112 valence electrons. The van der Waals surface area contributed by atoms with Crippen LogP contribution in [0.1, 0.15) is 29.7 Å². The molecule has 2 aromatic rings. The van der Waals surface area contributed by atoms with Crippen LogP contribution in [0.4, 0.5) is 0 Å². The molecule has 0 saturated heterocycles. The smallest absolute Gasteiger partial charge is 0.123 e. The lowest BCUT2D eigenvalue weighted by Gasteiger charge is -2.22. The second-order valence-corrected chi connectivity index (χ2v) is 5.43. The minimum atomic E-state index is 0.157. The summed E-state index contributed by atoms with van der Waals surface area (Å²) in [6.45, 7) is 5.07. The van der Waals surface area contributed by atoms with Crippen molar-refractivity contribution < 1.29 is 4.74 Å². The Morgan fingerprint density at radius 3 is 2.81 bits per heavy atom. The average molecular weight is 305 g/mol. The van der Waals surface area contributed by atoms with Gasteiger partial charge in [0.2, 0.25) is 0 Å². The first-order chi connectivity index (χ1) is 10.2. The molecule has 0 spiro atoms. The van der Waals surface area contributed by atoms with Gasteiger partial charge in [0.15, 0.2) is 0 Å². The molecule has 1 aromatic carbocycles. The van der Waals surface area contributed by atoms with Crippen LogP contribution in [0.2, 0.25) is 5.02 Å². The van der Waals surface area contributed by atoms with E-state index >= 15 is 0 Å². The van der Waals surface area contributed by atoms with Gasteiger partial charge in [0.05, 0.1) is 12.1 Å². The van der Waals surface area contributed by atoms with E-state index in [4.69, 9.17) is 16.3 Å². The standard InChI is InChI=1S/C17H21ClN2O/c1-4-20-16(10-13-7-8-19-11-15(13)18)14-9-12(2)5-6-17(14)21-3/h5-9,11,16,20H,4,10H2,1-3H3. The Kier molecular flexibility index (Phi) is 5.59. The van der Waals surface area contributed by atoms with Gasteiger partial charge in [0.1, 0.15) is 5.75 Å². The third-order valence-electron chi connectivity index (χ3n) is 3.49. The summed E-state index contributed by atoms with van der Waals surface area (Å²) >= 11 is 6.24. The zero-order valence-electron chi connectivity index (χ0n) is 12.7. The van der Waals surface area contributed by atoms with Gasteiger partial charge in [-0.2, -0.15) is 0 Å². The molecule has 0 radical (unpaired) electrons. The van der Waals surface area contributed by atoms with E-state index in [1.54, 1.807) is 19.5 Å². The van der Waals surface area contributed by atoms with Crippen molar-refractivity contribution >= 4 is 11.6 Å². The van der Waals surface area contributed by atoms with Crippen LogP contribution in [0, 0.1) is 6.92 Å². The zero-order valence-corrected chi connectivity index (χ0v) is 13.4.